The first-order valence-corrected chi connectivity index (χ1v) is 6.22. The Labute approximate surface area is 111 Å². The highest BCUT2D eigenvalue weighted by atomic mass is 35.5. The van der Waals surface area contributed by atoms with E-state index in [2.05, 4.69) is 19.9 Å². The van der Waals surface area contributed by atoms with Crippen LogP contribution >= 0.6 is 23.4 Å². The van der Waals surface area contributed by atoms with Crippen LogP contribution in [0.5, 0.6) is 0 Å². The second-order valence-electron chi connectivity index (χ2n) is 3.45. The number of imidazole rings is 1. The highest BCUT2D eigenvalue weighted by Crippen LogP contribution is 2.27. The number of aromatic nitrogens is 4. The highest BCUT2D eigenvalue weighted by Gasteiger charge is 2.11. The summed E-state index contributed by atoms with van der Waals surface area (Å²) in [6, 6.07) is 7.56. The molecule has 0 spiro atoms. The number of H-pyrrole nitrogens is 1. The van der Waals surface area contributed by atoms with Gasteiger partial charge in [-0.1, -0.05) is 12.1 Å². The number of benzene rings is 1. The Balaban J connectivity index is 1.98. The molecule has 0 bridgehead atoms. The van der Waals surface area contributed by atoms with Crippen LogP contribution in [0.4, 0.5) is 4.39 Å². The molecule has 0 atom stereocenters. The quantitative estimate of drug-likeness (QED) is 0.578. The SMILES string of the molecule is Fc1cnc(Cl)nc1Sc1nc2ccccc2[nH]1. The highest BCUT2D eigenvalue weighted by molar-refractivity contribution is 7.99. The summed E-state index contributed by atoms with van der Waals surface area (Å²) in [5.41, 5.74) is 1.71. The fourth-order valence-electron chi connectivity index (χ4n) is 1.47. The minimum absolute atomic E-state index is 0.00927. The third kappa shape index (κ3) is 2.16. The van der Waals surface area contributed by atoms with Crippen molar-refractivity contribution < 1.29 is 4.39 Å². The third-order valence-electron chi connectivity index (χ3n) is 2.24. The van der Waals surface area contributed by atoms with Crippen molar-refractivity contribution in [2.45, 2.75) is 10.2 Å². The molecule has 0 aliphatic carbocycles. The minimum Gasteiger partial charge on any atom is -0.333 e. The van der Waals surface area contributed by atoms with Gasteiger partial charge in [-0.15, -0.1) is 0 Å². The number of nitrogens with zero attached hydrogens (tertiary/aromatic N) is 3. The van der Waals surface area contributed by atoms with Crippen LogP contribution in [0.3, 0.4) is 0 Å². The summed E-state index contributed by atoms with van der Waals surface area (Å²) >= 11 is 6.71. The largest absolute Gasteiger partial charge is 0.333 e. The number of para-hydroxylation sites is 2. The lowest BCUT2D eigenvalue weighted by Gasteiger charge is -1.98. The molecule has 0 aliphatic rings. The molecule has 3 rings (SSSR count). The van der Waals surface area contributed by atoms with Crippen LogP contribution in [0.15, 0.2) is 40.6 Å². The fraction of sp³-hybridized carbons (Fsp3) is 0. The first kappa shape index (κ1) is 11.4. The van der Waals surface area contributed by atoms with Gasteiger partial charge in [0, 0.05) is 0 Å². The van der Waals surface area contributed by atoms with Gasteiger partial charge in [-0.2, -0.15) is 0 Å². The van der Waals surface area contributed by atoms with Gasteiger partial charge >= 0.3 is 0 Å². The van der Waals surface area contributed by atoms with E-state index in [-0.39, 0.29) is 10.3 Å². The van der Waals surface area contributed by atoms with E-state index in [0.29, 0.717) is 5.16 Å². The Bertz CT molecular complexity index is 682. The van der Waals surface area contributed by atoms with Gasteiger partial charge in [0.25, 0.3) is 0 Å². The van der Waals surface area contributed by atoms with Crippen molar-refractivity contribution in [1.29, 1.82) is 0 Å². The second kappa shape index (κ2) is 4.55. The van der Waals surface area contributed by atoms with Crippen LogP contribution < -0.4 is 0 Å². The molecule has 0 fully saturated rings. The lowest BCUT2D eigenvalue weighted by Crippen LogP contribution is -1.90. The Kier molecular flexibility index (Phi) is 2.89. The molecule has 0 radical (unpaired) electrons. The molecule has 2 aromatic heterocycles. The minimum atomic E-state index is -0.523. The smallest absolute Gasteiger partial charge is 0.223 e. The van der Waals surface area contributed by atoms with E-state index < -0.39 is 5.82 Å². The normalized spacial score (nSPS) is 11.0. The van der Waals surface area contributed by atoms with Crippen molar-refractivity contribution in [3.8, 4) is 0 Å². The second-order valence-corrected chi connectivity index (χ2v) is 4.77. The maximum atomic E-state index is 13.5. The molecule has 0 unspecified atom stereocenters. The molecule has 1 aromatic carbocycles. The van der Waals surface area contributed by atoms with Crippen molar-refractivity contribution >= 4 is 34.4 Å². The number of fused-ring (bicyclic) bond motifs is 1. The summed E-state index contributed by atoms with van der Waals surface area (Å²) in [6.45, 7) is 0. The van der Waals surface area contributed by atoms with E-state index in [4.69, 9.17) is 11.6 Å². The number of rotatable bonds is 2. The van der Waals surface area contributed by atoms with Gasteiger partial charge in [0.05, 0.1) is 17.2 Å². The number of nitrogens with one attached hydrogen (secondary N) is 1. The summed E-state index contributed by atoms with van der Waals surface area (Å²) in [4.78, 5) is 14.8. The molecular formula is C11H6ClFN4S. The molecule has 2 heterocycles. The van der Waals surface area contributed by atoms with Crippen LogP contribution in [0.2, 0.25) is 5.28 Å². The zero-order chi connectivity index (χ0) is 12.5. The summed E-state index contributed by atoms with van der Waals surface area (Å²) in [5.74, 6) is -0.523. The molecule has 0 saturated carbocycles. The van der Waals surface area contributed by atoms with Crippen LogP contribution in [-0.4, -0.2) is 19.9 Å². The Morgan fingerprint density at radius 1 is 1.22 bits per heavy atom. The molecule has 4 nitrogen and oxygen atoms in total. The molecule has 1 N–H and O–H groups in total. The van der Waals surface area contributed by atoms with Gasteiger partial charge in [0.1, 0.15) is 5.03 Å². The average Bonchev–Trinajstić information content (AvgIpc) is 2.76. The van der Waals surface area contributed by atoms with Gasteiger partial charge in [0.15, 0.2) is 11.0 Å². The van der Waals surface area contributed by atoms with E-state index >= 15 is 0 Å². The zero-order valence-corrected chi connectivity index (χ0v) is 10.5. The average molecular weight is 281 g/mol. The molecule has 7 heteroatoms. The molecular weight excluding hydrogens is 275 g/mol. The summed E-state index contributed by atoms with van der Waals surface area (Å²) in [7, 11) is 0. The molecule has 90 valence electrons. The monoisotopic (exact) mass is 280 g/mol. The van der Waals surface area contributed by atoms with Gasteiger partial charge in [-0.3, -0.25) is 0 Å². The number of hydrogen-bond acceptors (Lipinski definition) is 4. The van der Waals surface area contributed by atoms with Gasteiger partial charge in [-0.25, -0.2) is 19.3 Å². The van der Waals surface area contributed by atoms with Crippen LogP contribution in [-0.2, 0) is 0 Å². The van der Waals surface area contributed by atoms with E-state index in [1.165, 1.54) is 0 Å². The van der Waals surface area contributed by atoms with E-state index in [1.54, 1.807) is 0 Å². The summed E-state index contributed by atoms with van der Waals surface area (Å²) < 4.78 is 13.5. The lowest BCUT2D eigenvalue weighted by molar-refractivity contribution is 0.578. The predicted molar refractivity (Wildman–Crippen MR) is 67.2 cm³/mol. The van der Waals surface area contributed by atoms with E-state index in [1.807, 2.05) is 24.3 Å². The van der Waals surface area contributed by atoms with Gasteiger partial charge in [0.2, 0.25) is 5.28 Å². The van der Waals surface area contributed by atoms with Crippen LogP contribution in [0.1, 0.15) is 0 Å². The van der Waals surface area contributed by atoms with Gasteiger partial charge < -0.3 is 4.98 Å². The van der Waals surface area contributed by atoms with E-state index in [0.717, 1.165) is 29.0 Å². The summed E-state index contributed by atoms with van der Waals surface area (Å²) in [6.07, 6.45) is 1.04. The first-order chi connectivity index (χ1) is 8.72. The molecule has 0 amide bonds. The van der Waals surface area contributed by atoms with Crippen molar-refractivity contribution in [3.05, 3.63) is 41.6 Å². The van der Waals surface area contributed by atoms with Crippen LogP contribution in [0.25, 0.3) is 11.0 Å². The predicted octanol–water partition coefficient (Wildman–Crippen LogP) is 3.30. The van der Waals surface area contributed by atoms with E-state index in [9.17, 15) is 4.39 Å². The number of aromatic amines is 1. The standard InChI is InChI=1S/C11H6ClFN4S/c12-10-14-5-6(13)9(17-10)18-11-15-7-3-1-2-4-8(7)16-11/h1-5H,(H,15,16). The molecule has 0 saturated heterocycles. The fourth-order valence-corrected chi connectivity index (χ4v) is 2.43. The number of halogens is 2. The van der Waals surface area contributed by atoms with Crippen molar-refractivity contribution in [1.82, 2.24) is 19.9 Å². The first-order valence-electron chi connectivity index (χ1n) is 5.03. The topological polar surface area (TPSA) is 54.5 Å². The van der Waals surface area contributed by atoms with Crippen molar-refractivity contribution in [3.63, 3.8) is 0 Å². The zero-order valence-electron chi connectivity index (χ0n) is 8.89. The Hall–Kier alpha value is -1.66. The molecule has 0 aliphatic heterocycles. The lowest BCUT2D eigenvalue weighted by atomic mass is 10.3. The summed E-state index contributed by atoms with van der Waals surface area (Å²) in [5, 5.41) is 0.717. The maximum Gasteiger partial charge on any atom is 0.223 e. The molecule has 3 aromatic rings. The molecule has 18 heavy (non-hydrogen) atoms. The number of hydrogen-bond donors (Lipinski definition) is 1. The van der Waals surface area contributed by atoms with Gasteiger partial charge in [-0.05, 0) is 35.5 Å². The van der Waals surface area contributed by atoms with Crippen molar-refractivity contribution in [2.75, 3.05) is 0 Å². The third-order valence-corrected chi connectivity index (χ3v) is 3.29. The Morgan fingerprint density at radius 2 is 2.06 bits per heavy atom. The van der Waals surface area contributed by atoms with Crippen LogP contribution in [0, 0.1) is 5.82 Å². The Morgan fingerprint density at radius 3 is 2.89 bits per heavy atom. The maximum absolute atomic E-state index is 13.5. The van der Waals surface area contributed by atoms with Crippen molar-refractivity contribution in [2.24, 2.45) is 0 Å².